The van der Waals surface area contributed by atoms with Crippen LogP contribution in [0.2, 0.25) is 0 Å². The molecule has 0 saturated heterocycles. The summed E-state index contributed by atoms with van der Waals surface area (Å²) in [6, 6.07) is 2.38. The molecular formula is C11H13F2NO2. The number of amides is 1. The van der Waals surface area contributed by atoms with Gasteiger partial charge in [0.1, 0.15) is 11.6 Å². The fourth-order valence-electron chi connectivity index (χ4n) is 1.26. The fourth-order valence-corrected chi connectivity index (χ4v) is 1.26. The van der Waals surface area contributed by atoms with Crippen molar-refractivity contribution < 1.29 is 18.7 Å². The standard InChI is InChI=1S/C11H13F2NO2/c1-7(2-3-15)14-11(16)8-4-9(12)6-10(13)5-8/h4-7,15H,2-3H2,1H3,(H,14,16). The van der Waals surface area contributed by atoms with Crippen LogP contribution < -0.4 is 5.32 Å². The molecule has 1 unspecified atom stereocenters. The lowest BCUT2D eigenvalue weighted by Crippen LogP contribution is -2.33. The van der Waals surface area contributed by atoms with Crippen molar-refractivity contribution in [2.45, 2.75) is 19.4 Å². The molecule has 0 aromatic heterocycles. The number of aliphatic hydroxyl groups is 1. The van der Waals surface area contributed by atoms with E-state index in [2.05, 4.69) is 5.32 Å². The van der Waals surface area contributed by atoms with Gasteiger partial charge in [-0.2, -0.15) is 0 Å². The van der Waals surface area contributed by atoms with E-state index in [9.17, 15) is 13.6 Å². The lowest BCUT2D eigenvalue weighted by atomic mass is 10.1. The lowest BCUT2D eigenvalue weighted by molar-refractivity contribution is 0.0933. The molecule has 1 amide bonds. The van der Waals surface area contributed by atoms with Gasteiger partial charge in [0.05, 0.1) is 0 Å². The number of hydrogen-bond donors (Lipinski definition) is 2. The second-order valence-electron chi connectivity index (χ2n) is 3.54. The van der Waals surface area contributed by atoms with Crippen molar-refractivity contribution in [3.63, 3.8) is 0 Å². The van der Waals surface area contributed by atoms with E-state index < -0.39 is 17.5 Å². The van der Waals surface area contributed by atoms with Gasteiger partial charge in [0.2, 0.25) is 0 Å². The molecular weight excluding hydrogens is 216 g/mol. The fraction of sp³-hybridized carbons (Fsp3) is 0.364. The summed E-state index contributed by atoms with van der Waals surface area (Å²) in [5, 5.41) is 11.2. The van der Waals surface area contributed by atoms with Gasteiger partial charge in [-0.1, -0.05) is 0 Å². The van der Waals surface area contributed by atoms with E-state index in [1.165, 1.54) is 0 Å². The second kappa shape index (κ2) is 5.55. The van der Waals surface area contributed by atoms with E-state index in [0.29, 0.717) is 12.5 Å². The first-order valence-electron chi connectivity index (χ1n) is 4.90. The third-order valence-corrected chi connectivity index (χ3v) is 2.06. The van der Waals surface area contributed by atoms with E-state index in [-0.39, 0.29) is 18.2 Å². The summed E-state index contributed by atoms with van der Waals surface area (Å²) in [7, 11) is 0. The summed E-state index contributed by atoms with van der Waals surface area (Å²) >= 11 is 0. The maximum Gasteiger partial charge on any atom is 0.251 e. The number of halogens is 2. The second-order valence-corrected chi connectivity index (χ2v) is 3.54. The highest BCUT2D eigenvalue weighted by Crippen LogP contribution is 2.08. The topological polar surface area (TPSA) is 49.3 Å². The smallest absolute Gasteiger partial charge is 0.251 e. The van der Waals surface area contributed by atoms with Crippen molar-refractivity contribution >= 4 is 5.91 Å². The van der Waals surface area contributed by atoms with Crippen LogP contribution in [-0.4, -0.2) is 23.7 Å². The number of carbonyl (C=O) groups excluding carboxylic acids is 1. The number of rotatable bonds is 4. The first-order valence-corrected chi connectivity index (χ1v) is 4.90. The van der Waals surface area contributed by atoms with E-state index in [1.807, 2.05) is 0 Å². The Morgan fingerprint density at radius 3 is 2.44 bits per heavy atom. The molecule has 2 N–H and O–H groups in total. The van der Waals surface area contributed by atoms with Crippen molar-refractivity contribution in [1.82, 2.24) is 5.32 Å². The summed E-state index contributed by atoms with van der Waals surface area (Å²) in [6.07, 6.45) is 0.392. The normalized spacial score (nSPS) is 12.2. The van der Waals surface area contributed by atoms with Gasteiger partial charge in [-0.25, -0.2) is 8.78 Å². The number of aliphatic hydroxyl groups excluding tert-OH is 1. The molecule has 0 radical (unpaired) electrons. The number of hydrogen-bond acceptors (Lipinski definition) is 2. The van der Waals surface area contributed by atoms with Crippen molar-refractivity contribution in [1.29, 1.82) is 0 Å². The van der Waals surface area contributed by atoms with Crippen molar-refractivity contribution in [2.24, 2.45) is 0 Å². The summed E-state index contributed by atoms with van der Waals surface area (Å²) in [4.78, 5) is 11.5. The third kappa shape index (κ3) is 3.58. The highest BCUT2D eigenvalue weighted by molar-refractivity contribution is 5.94. The number of carbonyl (C=O) groups is 1. The van der Waals surface area contributed by atoms with Crippen LogP contribution in [0.4, 0.5) is 8.78 Å². The molecule has 0 aliphatic rings. The molecule has 0 saturated carbocycles. The van der Waals surface area contributed by atoms with Gasteiger partial charge in [-0.3, -0.25) is 4.79 Å². The monoisotopic (exact) mass is 229 g/mol. The van der Waals surface area contributed by atoms with Crippen LogP contribution in [0.5, 0.6) is 0 Å². The Bertz CT molecular complexity index is 362. The molecule has 0 heterocycles. The number of nitrogens with one attached hydrogen (secondary N) is 1. The first-order chi connectivity index (χ1) is 7.52. The van der Waals surface area contributed by atoms with Crippen LogP contribution in [0.1, 0.15) is 23.7 Å². The molecule has 0 aliphatic carbocycles. The van der Waals surface area contributed by atoms with Crippen LogP contribution in [0.3, 0.4) is 0 Å². The van der Waals surface area contributed by atoms with Crippen LogP contribution >= 0.6 is 0 Å². The predicted molar refractivity (Wildman–Crippen MR) is 55.0 cm³/mol. The maximum atomic E-state index is 12.8. The van der Waals surface area contributed by atoms with E-state index >= 15 is 0 Å². The van der Waals surface area contributed by atoms with E-state index in [1.54, 1.807) is 6.92 Å². The molecule has 0 bridgehead atoms. The van der Waals surface area contributed by atoms with Gasteiger partial charge in [-0.05, 0) is 25.5 Å². The molecule has 1 aromatic carbocycles. The highest BCUT2D eigenvalue weighted by atomic mass is 19.1. The van der Waals surface area contributed by atoms with Gasteiger partial charge < -0.3 is 10.4 Å². The molecule has 5 heteroatoms. The Morgan fingerprint density at radius 2 is 1.94 bits per heavy atom. The Hall–Kier alpha value is -1.49. The predicted octanol–water partition coefficient (Wildman–Crippen LogP) is 1.47. The Labute approximate surface area is 92.1 Å². The largest absolute Gasteiger partial charge is 0.396 e. The van der Waals surface area contributed by atoms with Gasteiger partial charge in [0.15, 0.2) is 0 Å². The van der Waals surface area contributed by atoms with Crippen LogP contribution in [0.25, 0.3) is 0 Å². The molecule has 3 nitrogen and oxygen atoms in total. The van der Waals surface area contributed by atoms with Crippen LogP contribution in [0, 0.1) is 11.6 Å². The van der Waals surface area contributed by atoms with Crippen LogP contribution in [0.15, 0.2) is 18.2 Å². The van der Waals surface area contributed by atoms with Gasteiger partial charge >= 0.3 is 0 Å². The summed E-state index contributed by atoms with van der Waals surface area (Å²) < 4.78 is 25.6. The summed E-state index contributed by atoms with van der Waals surface area (Å²) in [5.74, 6) is -2.14. The van der Waals surface area contributed by atoms with Crippen LogP contribution in [-0.2, 0) is 0 Å². The van der Waals surface area contributed by atoms with Crippen molar-refractivity contribution in [3.8, 4) is 0 Å². The van der Waals surface area contributed by atoms with Gasteiger partial charge in [0, 0.05) is 24.3 Å². The average molecular weight is 229 g/mol. The first kappa shape index (κ1) is 12.6. The Balaban J connectivity index is 2.72. The maximum absolute atomic E-state index is 12.8. The molecule has 0 aliphatic heterocycles. The SMILES string of the molecule is CC(CCO)NC(=O)c1cc(F)cc(F)c1. The molecule has 0 fully saturated rings. The summed E-state index contributed by atoms with van der Waals surface area (Å²) in [5.41, 5.74) is -0.0673. The quantitative estimate of drug-likeness (QED) is 0.821. The van der Waals surface area contributed by atoms with Crippen molar-refractivity contribution in [2.75, 3.05) is 6.61 Å². The van der Waals surface area contributed by atoms with E-state index in [4.69, 9.17) is 5.11 Å². The minimum atomic E-state index is -0.792. The molecule has 16 heavy (non-hydrogen) atoms. The summed E-state index contributed by atoms with van der Waals surface area (Å²) in [6.45, 7) is 1.64. The van der Waals surface area contributed by atoms with Gasteiger partial charge in [0.25, 0.3) is 5.91 Å². The molecule has 1 atom stereocenters. The van der Waals surface area contributed by atoms with Gasteiger partial charge in [-0.15, -0.1) is 0 Å². The molecule has 1 aromatic rings. The average Bonchev–Trinajstić information content (AvgIpc) is 2.16. The van der Waals surface area contributed by atoms with Crippen molar-refractivity contribution in [3.05, 3.63) is 35.4 Å². The minimum Gasteiger partial charge on any atom is -0.396 e. The third-order valence-electron chi connectivity index (χ3n) is 2.06. The molecule has 88 valence electrons. The number of benzene rings is 1. The lowest BCUT2D eigenvalue weighted by Gasteiger charge is -2.12. The molecule has 0 spiro atoms. The molecule has 1 rings (SSSR count). The zero-order chi connectivity index (χ0) is 12.1. The Kier molecular flexibility index (Phi) is 4.37. The zero-order valence-corrected chi connectivity index (χ0v) is 8.84. The Morgan fingerprint density at radius 1 is 1.38 bits per heavy atom. The highest BCUT2D eigenvalue weighted by Gasteiger charge is 2.11. The minimum absolute atomic E-state index is 0.0566. The zero-order valence-electron chi connectivity index (χ0n) is 8.84. The van der Waals surface area contributed by atoms with E-state index in [0.717, 1.165) is 12.1 Å².